The molecule has 0 atom stereocenters. The fourth-order valence-electron chi connectivity index (χ4n) is 8.38. The van der Waals surface area contributed by atoms with Crippen LogP contribution in [0.1, 0.15) is 40.1 Å². The molecule has 10 rings (SSSR count). The number of thiophene rings is 2. The van der Waals surface area contributed by atoms with Crippen LogP contribution < -0.4 is 4.90 Å². The van der Waals surface area contributed by atoms with E-state index in [4.69, 9.17) is 4.98 Å². The Bertz CT molecular complexity index is 2840. The number of pyridine rings is 3. The van der Waals surface area contributed by atoms with E-state index in [1.54, 1.807) is 0 Å². The molecule has 4 nitrogen and oxygen atoms in total. The molecule has 0 fully saturated rings. The summed E-state index contributed by atoms with van der Waals surface area (Å²) in [6.07, 6.45) is 7.03. The van der Waals surface area contributed by atoms with Crippen LogP contribution >= 0.6 is 22.7 Å². The predicted octanol–water partition coefficient (Wildman–Crippen LogP) is 15.5. The molecule has 0 unspecified atom stereocenters. The van der Waals surface area contributed by atoms with Gasteiger partial charge < -0.3 is 4.90 Å². The lowest BCUT2D eigenvalue weighted by Crippen LogP contribution is -2.09. The molecule has 0 bridgehead atoms. The first-order valence-electron chi connectivity index (χ1n) is 20.5. The molecule has 0 N–H and O–H groups in total. The summed E-state index contributed by atoms with van der Waals surface area (Å²) in [4.78, 5) is 21.9. The third-order valence-electron chi connectivity index (χ3n) is 11.3. The van der Waals surface area contributed by atoms with Crippen LogP contribution in [0.25, 0.3) is 65.9 Å². The first kappa shape index (κ1) is 37.5. The van der Waals surface area contributed by atoms with E-state index in [0.29, 0.717) is 0 Å². The van der Waals surface area contributed by atoms with Crippen molar-refractivity contribution in [2.45, 2.75) is 33.1 Å². The summed E-state index contributed by atoms with van der Waals surface area (Å²) < 4.78 is 0. The second kappa shape index (κ2) is 16.5. The third-order valence-corrected chi connectivity index (χ3v) is 13.5. The van der Waals surface area contributed by atoms with Crippen molar-refractivity contribution in [1.29, 1.82) is 0 Å². The molecule has 290 valence electrons. The highest BCUT2D eigenvalue weighted by Crippen LogP contribution is 2.48. The summed E-state index contributed by atoms with van der Waals surface area (Å²) in [7, 11) is 0. The van der Waals surface area contributed by atoms with Gasteiger partial charge in [0.25, 0.3) is 0 Å². The van der Waals surface area contributed by atoms with E-state index in [2.05, 4.69) is 162 Å². The maximum absolute atomic E-state index is 4.96. The number of rotatable bonds is 10. The lowest BCUT2D eigenvalue weighted by atomic mass is 9.96. The second-order valence-electron chi connectivity index (χ2n) is 15.2. The molecular formula is C54H42N4S2. The highest BCUT2D eigenvalue weighted by molar-refractivity contribution is 7.16. The second-order valence-corrected chi connectivity index (χ2v) is 17.7. The van der Waals surface area contributed by atoms with Gasteiger partial charge in [0.2, 0.25) is 0 Å². The number of hydrogen-bond donors (Lipinski definition) is 0. The van der Waals surface area contributed by atoms with Crippen LogP contribution in [-0.4, -0.2) is 15.0 Å². The van der Waals surface area contributed by atoms with E-state index in [0.717, 1.165) is 63.8 Å². The van der Waals surface area contributed by atoms with E-state index in [-0.39, 0.29) is 0 Å². The first-order valence-corrected chi connectivity index (χ1v) is 22.1. The molecule has 0 amide bonds. The molecule has 9 aromatic rings. The smallest absolute Gasteiger partial charge is 0.0900 e. The molecule has 0 saturated carbocycles. The van der Waals surface area contributed by atoms with Gasteiger partial charge >= 0.3 is 0 Å². The van der Waals surface area contributed by atoms with E-state index < -0.39 is 0 Å². The van der Waals surface area contributed by atoms with Gasteiger partial charge in [0.15, 0.2) is 0 Å². The minimum Gasteiger partial charge on any atom is -0.311 e. The summed E-state index contributed by atoms with van der Waals surface area (Å²) in [6, 6.07) is 60.2. The number of aryl methyl sites for hydroxylation is 2. The lowest BCUT2D eigenvalue weighted by Gasteiger charge is -2.25. The molecule has 0 saturated heterocycles. The molecule has 0 aliphatic heterocycles. The summed E-state index contributed by atoms with van der Waals surface area (Å²) in [6.45, 7) is 4.58. The van der Waals surface area contributed by atoms with E-state index in [1.807, 2.05) is 71.5 Å². The molecule has 0 radical (unpaired) electrons. The molecular weight excluding hydrogens is 769 g/mol. The van der Waals surface area contributed by atoms with Crippen LogP contribution in [0, 0.1) is 13.8 Å². The largest absolute Gasteiger partial charge is 0.311 e. The highest BCUT2D eigenvalue weighted by Gasteiger charge is 2.24. The fourth-order valence-corrected chi connectivity index (χ4v) is 10.5. The number of para-hydroxylation sites is 2. The van der Waals surface area contributed by atoms with Gasteiger partial charge in [-0.1, -0.05) is 84.9 Å². The molecule has 5 aromatic heterocycles. The topological polar surface area (TPSA) is 41.9 Å². The third kappa shape index (κ3) is 7.52. The number of benzene rings is 4. The van der Waals surface area contributed by atoms with E-state index in [9.17, 15) is 0 Å². The van der Waals surface area contributed by atoms with Gasteiger partial charge in [-0.25, -0.2) is 4.98 Å². The minimum atomic E-state index is 0.830. The van der Waals surface area contributed by atoms with Crippen molar-refractivity contribution in [3.05, 3.63) is 203 Å². The van der Waals surface area contributed by atoms with Crippen LogP contribution in [0.2, 0.25) is 0 Å². The van der Waals surface area contributed by atoms with Gasteiger partial charge in [0, 0.05) is 49.0 Å². The molecule has 0 spiro atoms. The molecule has 4 aromatic carbocycles. The first-order chi connectivity index (χ1) is 29.6. The van der Waals surface area contributed by atoms with Crippen molar-refractivity contribution in [1.82, 2.24) is 15.0 Å². The molecule has 1 aliphatic rings. The Morgan fingerprint density at radius 1 is 0.417 bits per heavy atom. The van der Waals surface area contributed by atoms with Gasteiger partial charge in [0.1, 0.15) is 0 Å². The summed E-state index contributed by atoms with van der Waals surface area (Å²) >= 11 is 3.80. The van der Waals surface area contributed by atoms with Gasteiger partial charge in [-0.3, -0.25) is 9.97 Å². The lowest BCUT2D eigenvalue weighted by molar-refractivity contribution is 0.941. The number of aromatic nitrogens is 3. The summed E-state index contributed by atoms with van der Waals surface area (Å²) in [5.41, 5.74) is 17.3. The Kier molecular flexibility index (Phi) is 10.3. The highest BCUT2D eigenvalue weighted by atomic mass is 32.1. The van der Waals surface area contributed by atoms with Gasteiger partial charge in [0.05, 0.1) is 22.8 Å². The SMILES string of the molecule is Cc1sc(-c2ccc(-c3cc(-c4ccccn4)nc(-c4ccccn4)c3)cc2)cc1C1=C(c2cc(-c3ccc(N(c4ccccc4)c4ccccc4)cc3)sc2C)CCC1. The predicted molar refractivity (Wildman–Crippen MR) is 254 cm³/mol. The average molecular weight is 811 g/mol. The average Bonchev–Trinajstić information content (AvgIpc) is 4.06. The van der Waals surface area contributed by atoms with E-state index in [1.165, 1.54) is 59.3 Å². The zero-order chi connectivity index (χ0) is 40.4. The summed E-state index contributed by atoms with van der Waals surface area (Å²) in [5.74, 6) is 0. The van der Waals surface area contributed by atoms with Crippen molar-refractivity contribution in [2.24, 2.45) is 0 Å². The van der Waals surface area contributed by atoms with Crippen LogP contribution in [0.15, 0.2) is 182 Å². The van der Waals surface area contributed by atoms with Gasteiger partial charge in [-0.2, -0.15) is 0 Å². The van der Waals surface area contributed by atoms with Crippen LogP contribution in [0.5, 0.6) is 0 Å². The van der Waals surface area contributed by atoms with Crippen LogP contribution in [0.3, 0.4) is 0 Å². The number of allylic oxidation sites excluding steroid dienone is 2. The zero-order valence-corrected chi connectivity index (χ0v) is 35.2. The Balaban J connectivity index is 0.927. The number of anilines is 3. The standard InChI is InChI=1S/C54H42N4S2/c1-36-47(34-53(59-36)39-24-22-38(23-25-39)41-32-51(49-20-9-11-30-55-49)57-52(33-41)50-21-10-12-31-56-50)45-18-13-19-46(45)48-35-54(60-37(48)2)40-26-28-44(29-27-40)58(42-14-5-3-6-15-42)43-16-7-4-8-17-43/h3-12,14-17,20-35H,13,18-19H2,1-2H3. The zero-order valence-electron chi connectivity index (χ0n) is 33.5. The van der Waals surface area contributed by atoms with Crippen LogP contribution in [0.4, 0.5) is 17.1 Å². The van der Waals surface area contributed by atoms with Crippen molar-refractivity contribution >= 4 is 50.9 Å². The van der Waals surface area contributed by atoms with Crippen molar-refractivity contribution in [3.63, 3.8) is 0 Å². The Morgan fingerprint density at radius 2 is 0.850 bits per heavy atom. The molecule has 5 heterocycles. The van der Waals surface area contributed by atoms with Crippen LogP contribution in [-0.2, 0) is 0 Å². The number of hydrogen-bond acceptors (Lipinski definition) is 6. The Morgan fingerprint density at radius 3 is 1.32 bits per heavy atom. The minimum absolute atomic E-state index is 0.830. The van der Waals surface area contributed by atoms with Gasteiger partial charge in [-0.05, 0) is 163 Å². The van der Waals surface area contributed by atoms with Crippen molar-refractivity contribution in [2.75, 3.05) is 4.90 Å². The molecule has 60 heavy (non-hydrogen) atoms. The Hall–Kier alpha value is -6.73. The summed E-state index contributed by atoms with van der Waals surface area (Å²) in [5, 5.41) is 0. The maximum atomic E-state index is 4.96. The molecule has 1 aliphatic carbocycles. The Labute approximate surface area is 359 Å². The molecule has 6 heteroatoms. The number of nitrogens with zero attached hydrogens (tertiary/aromatic N) is 4. The van der Waals surface area contributed by atoms with Gasteiger partial charge in [-0.15, -0.1) is 22.7 Å². The van der Waals surface area contributed by atoms with Crippen molar-refractivity contribution < 1.29 is 0 Å². The maximum Gasteiger partial charge on any atom is 0.0900 e. The quantitative estimate of drug-likeness (QED) is 0.138. The van der Waals surface area contributed by atoms with E-state index >= 15 is 0 Å². The normalized spacial score (nSPS) is 12.6. The van der Waals surface area contributed by atoms with Crippen molar-refractivity contribution in [3.8, 4) is 54.8 Å². The monoisotopic (exact) mass is 810 g/mol. The fraction of sp³-hybridized carbons (Fsp3) is 0.0926.